The van der Waals surface area contributed by atoms with Crippen molar-refractivity contribution in [3.05, 3.63) is 62.7 Å². The maximum absolute atomic E-state index is 13.8. The lowest BCUT2D eigenvalue weighted by molar-refractivity contribution is -0.904. The molecule has 5 rings (SSSR count). The fourth-order valence-electron chi connectivity index (χ4n) is 5.12. The Morgan fingerprint density at radius 1 is 1.14 bits per heavy atom. The zero-order chi connectivity index (χ0) is 35.3. The second-order valence-corrected chi connectivity index (χ2v) is 15.3. The molecule has 12 nitrogen and oxygen atoms in total. The monoisotopic (exact) mass is 766 g/mol. The van der Waals surface area contributed by atoms with Gasteiger partial charge >= 0.3 is 12.6 Å². The van der Waals surface area contributed by atoms with E-state index >= 15 is 0 Å². The maximum atomic E-state index is 13.8. The van der Waals surface area contributed by atoms with Crippen LogP contribution in [0.15, 0.2) is 36.7 Å². The third-order valence-corrected chi connectivity index (χ3v) is 10.9. The van der Waals surface area contributed by atoms with E-state index in [-0.39, 0.29) is 50.1 Å². The second-order valence-electron chi connectivity index (χ2n) is 11.5. The number of benzene rings is 1. The van der Waals surface area contributed by atoms with Gasteiger partial charge in [0.15, 0.2) is 17.2 Å². The van der Waals surface area contributed by atoms with E-state index in [1.165, 1.54) is 48.1 Å². The number of carbonyl (C=O) groups is 1. The highest BCUT2D eigenvalue weighted by Crippen LogP contribution is 2.42. The third kappa shape index (κ3) is 9.98. The fourth-order valence-corrected chi connectivity index (χ4v) is 7.99. The summed E-state index contributed by atoms with van der Waals surface area (Å²) in [6.07, 6.45) is 4.20. The van der Waals surface area contributed by atoms with Crippen LogP contribution in [0.1, 0.15) is 39.7 Å². The average Bonchev–Trinajstić information content (AvgIpc) is 3.78. The van der Waals surface area contributed by atoms with Crippen LogP contribution >= 0.6 is 34.5 Å². The Morgan fingerprint density at radius 3 is 2.45 bits per heavy atom. The molecular weight excluding hydrogens is 731 g/mol. The van der Waals surface area contributed by atoms with Gasteiger partial charge in [-0.15, -0.1) is 11.3 Å². The van der Waals surface area contributed by atoms with Crippen molar-refractivity contribution in [2.75, 3.05) is 63.7 Å². The van der Waals surface area contributed by atoms with E-state index in [1.807, 2.05) is 0 Å². The molecule has 49 heavy (non-hydrogen) atoms. The van der Waals surface area contributed by atoms with Gasteiger partial charge in [-0.25, -0.2) is 13.2 Å². The summed E-state index contributed by atoms with van der Waals surface area (Å²) in [5, 5.41) is 10.2. The minimum Gasteiger partial charge on any atom is -0.494 e. The van der Waals surface area contributed by atoms with Crippen molar-refractivity contribution in [2.24, 2.45) is 5.92 Å². The number of halogens is 4. The van der Waals surface area contributed by atoms with Crippen molar-refractivity contribution in [3.63, 3.8) is 0 Å². The molecule has 1 saturated heterocycles. The van der Waals surface area contributed by atoms with Gasteiger partial charge in [0, 0.05) is 49.0 Å². The van der Waals surface area contributed by atoms with E-state index in [0.717, 1.165) is 30.4 Å². The van der Waals surface area contributed by atoms with Gasteiger partial charge in [0.2, 0.25) is 22.4 Å². The molecule has 3 aromatic rings. The first-order valence-electron chi connectivity index (χ1n) is 15.3. The van der Waals surface area contributed by atoms with Crippen molar-refractivity contribution < 1.29 is 55.6 Å². The Balaban J connectivity index is 1.46. The molecular formula is C31H36Cl2F2N3O9S2+. The summed E-state index contributed by atoms with van der Waals surface area (Å²) in [6.45, 7) is 0.158. The molecule has 18 heteroatoms. The number of anilines is 1. The van der Waals surface area contributed by atoms with E-state index < -0.39 is 28.7 Å². The highest BCUT2D eigenvalue weighted by atomic mass is 35.5. The van der Waals surface area contributed by atoms with Gasteiger partial charge in [0.05, 0.1) is 33.2 Å². The van der Waals surface area contributed by atoms with Crippen LogP contribution in [0.4, 0.5) is 13.8 Å². The van der Waals surface area contributed by atoms with Gasteiger partial charge in [-0.05, 0) is 36.5 Å². The molecule has 2 fully saturated rings. The molecule has 268 valence electrons. The Morgan fingerprint density at radius 2 is 1.84 bits per heavy atom. The van der Waals surface area contributed by atoms with Crippen LogP contribution in [0.3, 0.4) is 0 Å². The van der Waals surface area contributed by atoms with Crippen molar-refractivity contribution in [1.82, 2.24) is 4.90 Å². The Bertz CT molecular complexity index is 1720. The summed E-state index contributed by atoms with van der Waals surface area (Å²) in [6, 6.07) is 5.60. The molecule has 2 aliphatic rings. The number of hydrogen-bond donors (Lipinski definition) is 1. The number of carbonyl (C=O) groups excluding carboxylic acids is 1. The number of esters is 1. The second kappa shape index (κ2) is 16.2. The molecule has 2 aromatic heterocycles. The lowest BCUT2D eigenvalue weighted by Gasteiger charge is -2.29. The van der Waals surface area contributed by atoms with Crippen molar-refractivity contribution in [3.8, 4) is 17.2 Å². The number of morpholine rings is 1. The van der Waals surface area contributed by atoms with Crippen LogP contribution in [-0.2, 0) is 25.9 Å². The molecule has 0 radical (unpaired) electrons. The standard InChI is InChI=1S/C31H36Cl2F2N3O9S2/c1-43-27-15-28(48-29(27)38(49(2,41)42)8-7-36-9-11-44-12-10-36)30(39)46-25(14-21-22(32)16-37(40)17-23(21)33)20-5-6-24(47-31(34)35)26(13-20)45-18-19-3-4-19/h5-6,13,15-17,19,25,31,40H,3-4,7-12,14,18H2,1-2H3/q+1/t25-/m0/s1. The van der Waals surface area contributed by atoms with E-state index in [4.69, 9.17) is 42.1 Å². The summed E-state index contributed by atoms with van der Waals surface area (Å²) in [4.78, 5) is 15.9. The molecule has 0 amide bonds. The molecule has 1 saturated carbocycles. The first-order chi connectivity index (χ1) is 23.3. The minimum absolute atomic E-state index is 0.0355. The summed E-state index contributed by atoms with van der Waals surface area (Å²) in [7, 11) is -2.42. The van der Waals surface area contributed by atoms with E-state index in [0.29, 0.717) is 61.2 Å². The zero-order valence-electron chi connectivity index (χ0n) is 26.7. The van der Waals surface area contributed by atoms with Crippen LogP contribution in [0.2, 0.25) is 10.0 Å². The lowest BCUT2D eigenvalue weighted by atomic mass is 10.0. The quantitative estimate of drug-likeness (QED) is 0.118. The number of pyridine rings is 1. The van der Waals surface area contributed by atoms with Gasteiger partial charge < -0.3 is 23.7 Å². The van der Waals surface area contributed by atoms with E-state index in [9.17, 15) is 27.2 Å². The first-order valence-corrected chi connectivity index (χ1v) is 18.7. The number of sulfonamides is 1. The van der Waals surface area contributed by atoms with Gasteiger partial charge in [0.1, 0.15) is 26.0 Å². The first kappa shape index (κ1) is 37.1. The minimum atomic E-state index is -3.79. The Labute approximate surface area is 296 Å². The molecule has 1 atom stereocenters. The Kier molecular flexibility index (Phi) is 12.3. The predicted octanol–water partition coefficient (Wildman–Crippen LogP) is 5.22. The highest BCUT2D eigenvalue weighted by molar-refractivity contribution is 7.92. The van der Waals surface area contributed by atoms with Crippen LogP contribution in [0.25, 0.3) is 0 Å². The van der Waals surface area contributed by atoms with Gasteiger partial charge in [-0.2, -0.15) is 8.78 Å². The molecule has 3 heterocycles. The number of thiophene rings is 1. The average molecular weight is 768 g/mol. The number of nitrogens with zero attached hydrogens (tertiary/aromatic N) is 3. The number of aromatic nitrogens is 1. The van der Waals surface area contributed by atoms with Crippen LogP contribution in [0, 0.1) is 5.92 Å². The predicted molar refractivity (Wildman–Crippen MR) is 177 cm³/mol. The molecule has 1 aliphatic heterocycles. The molecule has 1 aliphatic carbocycles. The molecule has 1 aromatic carbocycles. The largest absolute Gasteiger partial charge is 0.494 e. The molecule has 1 N–H and O–H groups in total. The topological polar surface area (TPSA) is 128 Å². The lowest BCUT2D eigenvalue weighted by Crippen LogP contribution is -2.42. The summed E-state index contributed by atoms with van der Waals surface area (Å²) < 4.78 is 81.6. The van der Waals surface area contributed by atoms with Crippen molar-refractivity contribution in [2.45, 2.75) is 32.0 Å². The number of hydrogen-bond acceptors (Lipinski definition) is 11. The molecule has 0 spiro atoms. The summed E-state index contributed by atoms with van der Waals surface area (Å²) in [5.74, 6) is -0.519. The van der Waals surface area contributed by atoms with Gasteiger partial charge in [0.25, 0.3) is 0 Å². The SMILES string of the molecule is COc1cc(C(=O)O[C@@H](Cc2c(Cl)c[n+](O)cc2Cl)c2ccc(OC(F)F)c(OCC3CC3)c2)sc1N(CCN1CCOCC1)S(C)(=O)=O. The van der Waals surface area contributed by atoms with Crippen LogP contribution in [-0.4, -0.2) is 90.5 Å². The maximum Gasteiger partial charge on any atom is 0.387 e. The molecule has 0 bridgehead atoms. The molecule has 0 unspecified atom stereocenters. The van der Waals surface area contributed by atoms with E-state index in [2.05, 4.69) is 9.64 Å². The fraction of sp³-hybridized carbons (Fsp3) is 0.484. The highest BCUT2D eigenvalue weighted by Gasteiger charge is 2.30. The number of ether oxygens (including phenoxy) is 5. The summed E-state index contributed by atoms with van der Waals surface area (Å²) in [5.41, 5.74) is 0.677. The van der Waals surface area contributed by atoms with Crippen molar-refractivity contribution >= 4 is 55.5 Å². The summed E-state index contributed by atoms with van der Waals surface area (Å²) >= 11 is 13.7. The van der Waals surface area contributed by atoms with Crippen LogP contribution < -0.4 is 23.2 Å². The third-order valence-electron chi connectivity index (χ3n) is 7.88. The van der Waals surface area contributed by atoms with Gasteiger partial charge in [-0.3, -0.25) is 14.4 Å². The van der Waals surface area contributed by atoms with Crippen LogP contribution in [0.5, 0.6) is 17.2 Å². The normalized spacial score (nSPS) is 16.0. The van der Waals surface area contributed by atoms with E-state index in [1.54, 1.807) is 0 Å². The van der Waals surface area contributed by atoms with Crippen molar-refractivity contribution in [1.29, 1.82) is 0 Å². The Hall–Kier alpha value is -3.15. The zero-order valence-corrected chi connectivity index (χ0v) is 29.8. The number of rotatable bonds is 16. The number of methoxy groups -OCH3 is 1. The van der Waals surface area contributed by atoms with Gasteiger partial charge in [-0.1, -0.05) is 29.3 Å². The number of alkyl halides is 2. The smallest absolute Gasteiger partial charge is 0.387 e.